The first-order valence-electron chi connectivity index (χ1n) is 12.4. The summed E-state index contributed by atoms with van der Waals surface area (Å²) in [7, 11) is 0. The van der Waals surface area contributed by atoms with Crippen molar-refractivity contribution in [2.75, 3.05) is 25.0 Å². The zero-order chi connectivity index (χ0) is 26.5. The number of ether oxygens (including phenoxy) is 2. The predicted octanol–water partition coefficient (Wildman–Crippen LogP) is 4.40. The Kier molecular flexibility index (Phi) is 7.97. The van der Waals surface area contributed by atoms with Gasteiger partial charge in [0, 0.05) is 25.0 Å². The van der Waals surface area contributed by atoms with Gasteiger partial charge >= 0.3 is 0 Å². The van der Waals surface area contributed by atoms with Gasteiger partial charge in [-0.15, -0.1) is 0 Å². The summed E-state index contributed by atoms with van der Waals surface area (Å²) in [4.78, 5) is 27.8. The molecule has 4 aromatic rings. The van der Waals surface area contributed by atoms with Crippen LogP contribution in [0.1, 0.15) is 19.0 Å². The first-order valence-corrected chi connectivity index (χ1v) is 12.8. The second kappa shape index (κ2) is 11.7. The molecule has 10 heteroatoms. The van der Waals surface area contributed by atoms with E-state index in [0.29, 0.717) is 65.0 Å². The minimum absolute atomic E-state index is 0.0597. The van der Waals surface area contributed by atoms with Crippen molar-refractivity contribution < 1.29 is 19.4 Å². The monoisotopic (exact) mass is 533 g/mol. The second-order valence-corrected chi connectivity index (χ2v) is 9.56. The third kappa shape index (κ3) is 6.19. The van der Waals surface area contributed by atoms with Crippen LogP contribution in [-0.4, -0.2) is 62.6 Å². The fourth-order valence-electron chi connectivity index (χ4n) is 4.30. The highest BCUT2D eigenvalue weighted by Gasteiger charge is 2.25. The molecule has 2 atom stereocenters. The molecule has 0 aliphatic carbocycles. The lowest BCUT2D eigenvalue weighted by atomic mass is 10.2. The number of halogens is 1. The molecule has 196 valence electrons. The van der Waals surface area contributed by atoms with Crippen molar-refractivity contribution >= 4 is 39.8 Å². The number of benzene rings is 2. The summed E-state index contributed by atoms with van der Waals surface area (Å²) in [6, 6.07) is 16.5. The van der Waals surface area contributed by atoms with E-state index in [1.165, 1.54) is 6.33 Å². The molecule has 0 spiro atoms. The lowest BCUT2D eigenvalue weighted by Gasteiger charge is -2.20. The van der Waals surface area contributed by atoms with Crippen LogP contribution in [0.3, 0.4) is 0 Å². The first kappa shape index (κ1) is 25.8. The number of fused-ring (bicyclic) bond motifs is 1. The quantitative estimate of drug-likeness (QED) is 0.306. The molecule has 1 saturated heterocycles. The first-order chi connectivity index (χ1) is 18.5. The molecule has 2 aromatic carbocycles. The number of ketones is 1. The fourth-order valence-corrected chi connectivity index (χ4v) is 4.54. The number of anilines is 2. The van der Waals surface area contributed by atoms with Crippen LogP contribution in [0.4, 0.5) is 11.5 Å². The van der Waals surface area contributed by atoms with Crippen molar-refractivity contribution in [3.8, 4) is 11.5 Å². The normalized spacial score (nSPS) is 16.3. The second-order valence-electron chi connectivity index (χ2n) is 9.16. The lowest BCUT2D eigenvalue weighted by molar-refractivity contribution is -0.126. The Morgan fingerprint density at radius 2 is 2.05 bits per heavy atom. The summed E-state index contributed by atoms with van der Waals surface area (Å²) in [6.07, 6.45) is 2.80. The minimum Gasteiger partial charge on any atom is -0.486 e. The van der Waals surface area contributed by atoms with E-state index < -0.39 is 6.10 Å². The Hall–Kier alpha value is -3.79. The van der Waals surface area contributed by atoms with Crippen molar-refractivity contribution in [1.29, 1.82) is 0 Å². The van der Waals surface area contributed by atoms with E-state index in [4.69, 9.17) is 21.1 Å². The largest absolute Gasteiger partial charge is 0.486 e. The number of Topliss-reactive ketones (excluding diaryl/α,β-unsaturated/α-hetero) is 1. The molecule has 0 amide bonds. The van der Waals surface area contributed by atoms with Crippen molar-refractivity contribution in [2.45, 2.75) is 32.2 Å². The van der Waals surface area contributed by atoms with E-state index in [2.05, 4.69) is 20.3 Å². The van der Waals surface area contributed by atoms with Gasteiger partial charge in [-0.3, -0.25) is 14.7 Å². The molecule has 38 heavy (non-hydrogen) atoms. The van der Waals surface area contributed by atoms with Crippen LogP contribution >= 0.6 is 11.6 Å². The van der Waals surface area contributed by atoms with Gasteiger partial charge in [0.2, 0.25) is 0 Å². The van der Waals surface area contributed by atoms with E-state index >= 15 is 0 Å². The van der Waals surface area contributed by atoms with E-state index in [1.54, 1.807) is 31.3 Å². The summed E-state index contributed by atoms with van der Waals surface area (Å²) in [5.74, 6) is 1.49. The molecule has 1 aliphatic heterocycles. The van der Waals surface area contributed by atoms with Crippen LogP contribution in [0.15, 0.2) is 67.1 Å². The minimum atomic E-state index is -0.684. The molecule has 0 bridgehead atoms. The maximum Gasteiger partial charge on any atom is 0.186 e. The number of aliphatic hydroxyl groups is 1. The van der Waals surface area contributed by atoms with Crippen molar-refractivity contribution in [3.05, 3.63) is 77.8 Å². The third-order valence-electron chi connectivity index (χ3n) is 6.31. The van der Waals surface area contributed by atoms with E-state index in [9.17, 15) is 9.90 Å². The number of hydrogen-bond donors (Lipinski definition) is 2. The number of nitrogens with zero attached hydrogens (tertiary/aromatic N) is 4. The molecule has 5 rings (SSSR count). The number of likely N-dealkylation sites (tertiary alicyclic amines) is 1. The zero-order valence-electron chi connectivity index (χ0n) is 20.9. The summed E-state index contributed by atoms with van der Waals surface area (Å²) in [6.45, 7) is 3.47. The number of aliphatic hydroxyl groups excluding tert-OH is 1. The number of rotatable bonds is 10. The van der Waals surface area contributed by atoms with Crippen molar-refractivity contribution in [2.24, 2.45) is 0 Å². The highest BCUT2D eigenvalue weighted by molar-refractivity contribution is 6.32. The number of β-amino-alcohol motifs (C(OH)–C–C–N with tert-alkyl or cyclic N) is 1. The van der Waals surface area contributed by atoms with E-state index in [0.717, 1.165) is 5.69 Å². The van der Waals surface area contributed by atoms with Gasteiger partial charge in [-0.05, 0) is 55.8 Å². The number of nitrogens with one attached hydrogen (secondary N) is 1. The Morgan fingerprint density at radius 3 is 2.82 bits per heavy atom. The van der Waals surface area contributed by atoms with Crippen molar-refractivity contribution in [1.82, 2.24) is 19.9 Å². The highest BCUT2D eigenvalue weighted by atomic mass is 35.5. The highest BCUT2D eigenvalue weighted by Crippen LogP contribution is 2.34. The molecular weight excluding hydrogens is 506 g/mol. The van der Waals surface area contributed by atoms with Gasteiger partial charge < -0.3 is 19.9 Å². The number of carbonyl (C=O) groups excluding carboxylic acids is 1. The van der Waals surface area contributed by atoms with Crippen LogP contribution in [0.25, 0.3) is 10.9 Å². The smallest absolute Gasteiger partial charge is 0.186 e. The van der Waals surface area contributed by atoms with Gasteiger partial charge in [0.25, 0.3) is 0 Å². The van der Waals surface area contributed by atoms with Gasteiger partial charge in [0.05, 0.1) is 34.3 Å². The molecule has 0 saturated carbocycles. The van der Waals surface area contributed by atoms with Gasteiger partial charge in [-0.2, -0.15) is 0 Å². The standard InChI is InChI=1S/C28H28ClN5O4/c1-18(24(36)15-34-12-10-21(35)14-34)38-26-7-4-6-23-27(26)28(32-17-31-23)33-19-8-9-25(22(29)13-19)37-16-20-5-2-3-11-30-20/h2-9,11,13,17-18,21,35H,10,12,14-16H2,1H3,(H,31,32,33)/t18-,21?/m0/s1. The van der Waals surface area contributed by atoms with Crippen molar-refractivity contribution in [3.63, 3.8) is 0 Å². The van der Waals surface area contributed by atoms with Crippen LogP contribution in [0, 0.1) is 0 Å². The number of hydrogen-bond acceptors (Lipinski definition) is 9. The van der Waals surface area contributed by atoms with Gasteiger partial charge in [-0.25, -0.2) is 9.97 Å². The molecule has 3 heterocycles. The summed E-state index contributed by atoms with van der Waals surface area (Å²) < 4.78 is 11.9. The maximum atomic E-state index is 12.8. The Bertz CT molecular complexity index is 1420. The predicted molar refractivity (Wildman–Crippen MR) is 145 cm³/mol. The summed E-state index contributed by atoms with van der Waals surface area (Å²) in [5.41, 5.74) is 2.17. The van der Waals surface area contributed by atoms with Gasteiger partial charge in [0.1, 0.15) is 30.3 Å². The molecule has 9 nitrogen and oxygen atoms in total. The molecule has 2 aromatic heterocycles. The molecular formula is C28H28ClN5O4. The molecule has 1 unspecified atom stereocenters. The number of pyridine rings is 1. The van der Waals surface area contributed by atoms with E-state index in [1.807, 2.05) is 41.3 Å². The van der Waals surface area contributed by atoms with Gasteiger partial charge in [0.15, 0.2) is 11.9 Å². The molecule has 2 N–H and O–H groups in total. The summed E-state index contributed by atoms with van der Waals surface area (Å²) in [5, 5.41) is 14.1. The molecule has 1 aliphatic rings. The maximum absolute atomic E-state index is 12.8. The fraction of sp³-hybridized carbons (Fsp3) is 0.286. The Balaban J connectivity index is 1.31. The van der Waals surface area contributed by atoms with Gasteiger partial charge in [-0.1, -0.05) is 23.7 Å². The average Bonchev–Trinajstić information content (AvgIpc) is 3.33. The topological polar surface area (TPSA) is 110 Å². The Labute approximate surface area is 225 Å². The van der Waals surface area contributed by atoms with E-state index in [-0.39, 0.29) is 18.4 Å². The zero-order valence-corrected chi connectivity index (χ0v) is 21.6. The molecule has 1 fully saturated rings. The van der Waals surface area contributed by atoms with Crippen LogP contribution in [0.5, 0.6) is 11.5 Å². The number of aromatic nitrogens is 3. The third-order valence-corrected chi connectivity index (χ3v) is 6.60. The van der Waals surface area contributed by atoms with Crippen LogP contribution < -0.4 is 14.8 Å². The lowest BCUT2D eigenvalue weighted by Crippen LogP contribution is -2.36. The Morgan fingerprint density at radius 1 is 1.16 bits per heavy atom. The van der Waals surface area contributed by atoms with Crippen LogP contribution in [0.2, 0.25) is 5.02 Å². The molecule has 0 radical (unpaired) electrons. The average molecular weight is 534 g/mol. The summed E-state index contributed by atoms with van der Waals surface area (Å²) >= 11 is 6.49. The SMILES string of the molecule is C[C@H](Oc1cccc2ncnc(Nc3ccc(OCc4ccccn4)c(Cl)c3)c12)C(=O)CN1CCC(O)C1. The van der Waals surface area contributed by atoms with Crippen LogP contribution in [-0.2, 0) is 11.4 Å². The number of carbonyl (C=O) groups is 1.